The summed E-state index contributed by atoms with van der Waals surface area (Å²) in [5.74, 6) is 0.709. The molecule has 1 aliphatic rings. The predicted octanol–water partition coefficient (Wildman–Crippen LogP) is 15.5. The molecule has 0 unspecified atom stereocenters. The van der Waals surface area contributed by atoms with Crippen molar-refractivity contribution in [1.82, 2.24) is 9.97 Å². The Balaban J connectivity index is 1.01. The first-order valence-corrected chi connectivity index (χ1v) is 21.6. The average Bonchev–Trinajstić information content (AvgIpc) is 3.66. The van der Waals surface area contributed by atoms with E-state index in [1.165, 1.54) is 60.8 Å². The summed E-state index contributed by atoms with van der Waals surface area (Å²) in [7, 11) is 0. The molecular weight excluding hydrogens is 761 g/mol. The molecule has 0 radical (unpaired) electrons. The van der Waals surface area contributed by atoms with Gasteiger partial charge in [-0.15, -0.1) is 0 Å². The maximum atomic E-state index is 5.20. The van der Waals surface area contributed by atoms with Gasteiger partial charge in [0.15, 0.2) is 5.82 Å². The number of benzene rings is 10. The number of fused-ring (bicyclic) bond motifs is 5. The second kappa shape index (κ2) is 15.1. The Morgan fingerprint density at radius 1 is 0.286 bits per heavy atom. The number of hydrogen-bond donors (Lipinski definition) is 0. The first-order valence-electron chi connectivity index (χ1n) is 21.6. The second-order valence-electron chi connectivity index (χ2n) is 16.4. The standard InChI is InChI=1S/C61H40N2/c1-5-18-43(19-6-1)57-40-58(44-20-7-2-8-21-44)63-60(62-57)54-37-36-49(51-28-15-16-29-52(51)54)41-32-34-42(35-33-41)50-30-17-31-53-55-38-45-22-13-14-23-46(45)39-56(55)61(59(50)53,47-24-9-3-10-25-47)48-26-11-4-12-27-48/h1-40H. The monoisotopic (exact) mass is 800 g/mol. The van der Waals surface area contributed by atoms with Gasteiger partial charge >= 0.3 is 0 Å². The quantitative estimate of drug-likeness (QED) is 0.160. The minimum atomic E-state index is -0.529. The lowest BCUT2D eigenvalue weighted by atomic mass is 9.66. The fourth-order valence-corrected chi connectivity index (χ4v) is 10.1. The Morgan fingerprint density at radius 3 is 1.33 bits per heavy atom. The number of aromatic nitrogens is 2. The third-order valence-electron chi connectivity index (χ3n) is 13.0. The van der Waals surface area contributed by atoms with E-state index in [9.17, 15) is 0 Å². The van der Waals surface area contributed by atoms with Gasteiger partial charge in [-0.25, -0.2) is 9.97 Å². The molecule has 0 N–H and O–H groups in total. The second-order valence-corrected chi connectivity index (χ2v) is 16.4. The first-order chi connectivity index (χ1) is 31.2. The summed E-state index contributed by atoms with van der Waals surface area (Å²) in [5, 5.41) is 4.77. The molecule has 0 amide bonds. The highest BCUT2D eigenvalue weighted by Crippen LogP contribution is 2.59. The summed E-state index contributed by atoms with van der Waals surface area (Å²) in [4.78, 5) is 10.4. The predicted molar refractivity (Wildman–Crippen MR) is 262 cm³/mol. The van der Waals surface area contributed by atoms with Crippen LogP contribution in [-0.2, 0) is 5.41 Å². The van der Waals surface area contributed by atoms with Gasteiger partial charge < -0.3 is 0 Å². The van der Waals surface area contributed by atoms with Crippen LogP contribution in [0.2, 0.25) is 0 Å². The fraction of sp³-hybridized carbons (Fsp3) is 0.0164. The van der Waals surface area contributed by atoms with Crippen molar-refractivity contribution in [2.45, 2.75) is 5.41 Å². The van der Waals surface area contributed by atoms with E-state index in [2.05, 4.69) is 231 Å². The van der Waals surface area contributed by atoms with Gasteiger partial charge in [0.25, 0.3) is 0 Å². The topological polar surface area (TPSA) is 25.8 Å². The van der Waals surface area contributed by atoms with Gasteiger partial charge in [0.1, 0.15) is 0 Å². The number of hydrogen-bond acceptors (Lipinski definition) is 2. The normalized spacial score (nSPS) is 12.6. The van der Waals surface area contributed by atoms with E-state index in [4.69, 9.17) is 9.97 Å². The smallest absolute Gasteiger partial charge is 0.161 e. The van der Waals surface area contributed by atoms with E-state index in [0.29, 0.717) is 5.82 Å². The fourth-order valence-electron chi connectivity index (χ4n) is 10.1. The van der Waals surface area contributed by atoms with Crippen molar-refractivity contribution in [3.05, 3.63) is 265 Å². The molecule has 2 heteroatoms. The van der Waals surface area contributed by atoms with Crippen LogP contribution in [0.15, 0.2) is 243 Å². The van der Waals surface area contributed by atoms with E-state index in [1.807, 2.05) is 12.1 Å². The van der Waals surface area contributed by atoms with Crippen LogP contribution in [-0.4, -0.2) is 9.97 Å². The molecule has 0 aliphatic heterocycles. The summed E-state index contributed by atoms with van der Waals surface area (Å²) in [6.07, 6.45) is 0. The molecule has 1 heterocycles. The molecule has 0 spiro atoms. The summed E-state index contributed by atoms with van der Waals surface area (Å²) < 4.78 is 0. The highest BCUT2D eigenvalue weighted by molar-refractivity contribution is 6.05. The molecule has 294 valence electrons. The third kappa shape index (κ3) is 6.02. The molecule has 2 nitrogen and oxygen atoms in total. The molecule has 1 aromatic heterocycles. The molecular formula is C61H40N2. The van der Waals surface area contributed by atoms with Crippen molar-refractivity contribution in [3.63, 3.8) is 0 Å². The van der Waals surface area contributed by atoms with E-state index < -0.39 is 5.41 Å². The Hall–Kier alpha value is -8.20. The van der Waals surface area contributed by atoms with Gasteiger partial charge in [0, 0.05) is 16.7 Å². The zero-order valence-electron chi connectivity index (χ0n) is 34.5. The van der Waals surface area contributed by atoms with E-state index in [1.54, 1.807) is 0 Å². The summed E-state index contributed by atoms with van der Waals surface area (Å²) >= 11 is 0. The third-order valence-corrected chi connectivity index (χ3v) is 13.0. The van der Waals surface area contributed by atoms with Crippen LogP contribution in [0.25, 0.3) is 88.8 Å². The average molecular weight is 801 g/mol. The molecule has 0 fully saturated rings. The lowest BCUT2D eigenvalue weighted by Crippen LogP contribution is -2.29. The molecule has 10 aromatic carbocycles. The van der Waals surface area contributed by atoms with Crippen LogP contribution >= 0.6 is 0 Å². The molecule has 63 heavy (non-hydrogen) atoms. The number of rotatable bonds is 7. The zero-order chi connectivity index (χ0) is 41.7. The lowest BCUT2D eigenvalue weighted by molar-refractivity contribution is 0.771. The van der Waals surface area contributed by atoms with Crippen molar-refractivity contribution < 1.29 is 0 Å². The minimum Gasteiger partial charge on any atom is -0.228 e. The molecule has 0 saturated carbocycles. The Bertz CT molecular complexity index is 3370. The molecule has 12 rings (SSSR count). The van der Waals surface area contributed by atoms with Crippen LogP contribution in [0, 0.1) is 0 Å². The summed E-state index contributed by atoms with van der Waals surface area (Å²) in [5.41, 5.74) is 16.9. The van der Waals surface area contributed by atoms with Crippen molar-refractivity contribution >= 4 is 21.5 Å². The van der Waals surface area contributed by atoms with E-state index in [-0.39, 0.29) is 0 Å². The maximum Gasteiger partial charge on any atom is 0.161 e. The van der Waals surface area contributed by atoms with Crippen LogP contribution in [0.4, 0.5) is 0 Å². The van der Waals surface area contributed by atoms with Crippen LogP contribution < -0.4 is 0 Å². The van der Waals surface area contributed by atoms with Crippen LogP contribution in [0.5, 0.6) is 0 Å². The van der Waals surface area contributed by atoms with Crippen molar-refractivity contribution in [3.8, 4) is 67.3 Å². The highest BCUT2D eigenvalue weighted by Gasteiger charge is 2.47. The van der Waals surface area contributed by atoms with Crippen molar-refractivity contribution in [2.75, 3.05) is 0 Å². The van der Waals surface area contributed by atoms with Crippen molar-refractivity contribution in [1.29, 1.82) is 0 Å². The first kappa shape index (κ1) is 36.6. The van der Waals surface area contributed by atoms with Gasteiger partial charge in [-0.05, 0) is 101 Å². The molecule has 0 saturated heterocycles. The zero-order valence-corrected chi connectivity index (χ0v) is 34.5. The van der Waals surface area contributed by atoms with E-state index >= 15 is 0 Å². The Kier molecular flexibility index (Phi) is 8.76. The molecule has 0 atom stereocenters. The number of nitrogens with zero attached hydrogens (tertiary/aromatic N) is 2. The highest BCUT2D eigenvalue weighted by atomic mass is 14.9. The summed E-state index contributed by atoms with van der Waals surface area (Å²) in [6.45, 7) is 0. The maximum absolute atomic E-state index is 5.20. The van der Waals surface area contributed by atoms with E-state index in [0.717, 1.165) is 44.4 Å². The molecule has 11 aromatic rings. The van der Waals surface area contributed by atoms with Gasteiger partial charge in [-0.1, -0.05) is 218 Å². The van der Waals surface area contributed by atoms with Crippen molar-refractivity contribution in [2.24, 2.45) is 0 Å². The Morgan fingerprint density at radius 2 is 0.746 bits per heavy atom. The molecule has 0 bridgehead atoms. The van der Waals surface area contributed by atoms with Gasteiger partial charge in [0.2, 0.25) is 0 Å². The Labute approximate surface area is 367 Å². The minimum absolute atomic E-state index is 0.529. The van der Waals surface area contributed by atoms with Gasteiger partial charge in [-0.3, -0.25) is 0 Å². The van der Waals surface area contributed by atoms with Crippen LogP contribution in [0.1, 0.15) is 22.3 Å². The van der Waals surface area contributed by atoms with Gasteiger partial charge in [0.05, 0.1) is 16.8 Å². The lowest BCUT2D eigenvalue weighted by Gasteiger charge is -2.35. The molecule has 1 aliphatic carbocycles. The largest absolute Gasteiger partial charge is 0.228 e. The van der Waals surface area contributed by atoms with Crippen LogP contribution in [0.3, 0.4) is 0 Å². The van der Waals surface area contributed by atoms with Gasteiger partial charge in [-0.2, -0.15) is 0 Å². The SMILES string of the molecule is c1ccc(-c2cc(-c3ccccc3)nc(-c3ccc(-c4ccc(-c5cccc6c5C(c5ccccc5)(c5ccccc5)c5cc7ccccc7cc5-6)cc4)c4ccccc34)n2)cc1. The summed E-state index contributed by atoms with van der Waals surface area (Å²) in [6, 6.07) is 87.8.